The molecule has 7 heteroatoms. The lowest BCUT2D eigenvalue weighted by atomic mass is 9.89. The Morgan fingerprint density at radius 1 is 1.19 bits per heavy atom. The first-order valence-electron chi connectivity index (χ1n) is 10.9. The van der Waals surface area contributed by atoms with Gasteiger partial charge in [-0.2, -0.15) is 0 Å². The number of fused-ring (bicyclic) bond motifs is 3. The molecular formula is C24H28FN3O3. The van der Waals surface area contributed by atoms with Gasteiger partial charge in [-0.05, 0) is 55.3 Å². The second-order valence-corrected chi connectivity index (χ2v) is 8.97. The smallest absolute Gasteiger partial charge is 0.265 e. The Kier molecular flexibility index (Phi) is 5.00. The van der Waals surface area contributed by atoms with Gasteiger partial charge < -0.3 is 24.9 Å². The number of likely N-dealkylation sites (tertiary alicyclic amines) is 1. The third-order valence-electron chi connectivity index (χ3n) is 7.12. The summed E-state index contributed by atoms with van der Waals surface area (Å²) in [6.45, 7) is 2.84. The van der Waals surface area contributed by atoms with Crippen molar-refractivity contribution in [2.45, 2.75) is 37.1 Å². The number of ketones is 1. The molecule has 3 heterocycles. The highest BCUT2D eigenvalue weighted by Gasteiger charge is 2.50. The van der Waals surface area contributed by atoms with Crippen LogP contribution >= 0.6 is 0 Å². The second kappa shape index (κ2) is 7.58. The van der Waals surface area contributed by atoms with Crippen molar-refractivity contribution >= 4 is 17.2 Å². The SMILES string of the molecule is CN1c2cccc3c2N(CC1(O)O)C1CCN(CCCC(=O)c2ccc(F)cc2)CC31. The van der Waals surface area contributed by atoms with Crippen molar-refractivity contribution in [2.75, 3.05) is 43.0 Å². The molecule has 0 bridgehead atoms. The zero-order chi connectivity index (χ0) is 21.8. The fourth-order valence-corrected chi connectivity index (χ4v) is 5.45. The second-order valence-electron chi connectivity index (χ2n) is 8.97. The van der Waals surface area contributed by atoms with E-state index in [-0.39, 0.29) is 24.2 Å². The first kappa shape index (κ1) is 20.4. The number of rotatable bonds is 5. The number of likely N-dealkylation sites (N-methyl/N-ethyl adjacent to an activating group) is 1. The number of halogens is 1. The number of carbonyl (C=O) groups excluding carboxylic acids is 1. The summed E-state index contributed by atoms with van der Waals surface area (Å²) in [6, 6.07) is 12.1. The average Bonchev–Trinajstić information content (AvgIpc) is 3.06. The van der Waals surface area contributed by atoms with Crippen LogP contribution in [0.4, 0.5) is 15.8 Å². The molecule has 0 aliphatic carbocycles. The summed E-state index contributed by atoms with van der Waals surface area (Å²) in [7, 11) is 1.72. The summed E-state index contributed by atoms with van der Waals surface area (Å²) in [5.41, 5.74) is 3.83. The molecule has 164 valence electrons. The number of Topliss-reactive ketones (excluding diaryl/α,β-unsaturated/α-hetero) is 1. The molecule has 0 spiro atoms. The normalized spacial score (nSPS) is 24.1. The van der Waals surface area contributed by atoms with Crippen LogP contribution in [0.25, 0.3) is 0 Å². The number of hydrogen-bond acceptors (Lipinski definition) is 6. The van der Waals surface area contributed by atoms with E-state index in [9.17, 15) is 19.4 Å². The number of aliphatic hydroxyl groups is 2. The van der Waals surface area contributed by atoms with E-state index in [4.69, 9.17) is 0 Å². The van der Waals surface area contributed by atoms with Gasteiger partial charge in [0.25, 0.3) is 5.91 Å². The fraction of sp³-hybridized carbons (Fsp3) is 0.458. The summed E-state index contributed by atoms with van der Waals surface area (Å²) >= 11 is 0. The quantitative estimate of drug-likeness (QED) is 0.567. The van der Waals surface area contributed by atoms with Crippen LogP contribution in [0.2, 0.25) is 0 Å². The summed E-state index contributed by atoms with van der Waals surface area (Å²) in [5, 5.41) is 21.0. The number of carbonyl (C=O) groups is 1. The molecule has 2 unspecified atom stereocenters. The largest absolute Gasteiger partial charge is 0.358 e. The van der Waals surface area contributed by atoms with E-state index in [1.54, 1.807) is 24.1 Å². The van der Waals surface area contributed by atoms with E-state index in [0.29, 0.717) is 17.9 Å². The highest BCUT2D eigenvalue weighted by molar-refractivity contribution is 5.95. The van der Waals surface area contributed by atoms with Gasteiger partial charge >= 0.3 is 0 Å². The van der Waals surface area contributed by atoms with Gasteiger partial charge in [0.15, 0.2) is 5.78 Å². The number of para-hydroxylation sites is 1. The minimum absolute atomic E-state index is 0.0491. The van der Waals surface area contributed by atoms with Crippen molar-refractivity contribution in [3.05, 3.63) is 59.4 Å². The monoisotopic (exact) mass is 425 g/mol. The van der Waals surface area contributed by atoms with Gasteiger partial charge in [0.1, 0.15) is 5.82 Å². The first-order valence-corrected chi connectivity index (χ1v) is 10.9. The molecule has 2 N–H and O–H groups in total. The maximum Gasteiger partial charge on any atom is 0.265 e. The van der Waals surface area contributed by atoms with Crippen molar-refractivity contribution in [2.24, 2.45) is 0 Å². The molecule has 6 nitrogen and oxygen atoms in total. The summed E-state index contributed by atoms with van der Waals surface area (Å²) in [5.74, 6) is -1.84. The van der Waals surface area contributed by atoms with Gasteiger partial charge in [-0.3, -0.25) is 4.79 Å². The van der Waals surface area contributed by atoms with E-state index in [2.05, 4.69) is 15.9 Å². The molecule has 2 atom stereocenters. The standard InChI is InChI=1S/C24H28FN3O3/c1-26-21-5-2-4-18-19-14-27(12-3-6-22(29)16-7-9-17(25)10-8-16)13-11-20(19)28(23(18)21)15-24(26,30)31/h2,4-5,7-10,19-20,30-31H,3,6,11-15H2,1H3. The molecular weight excluding hydrogens is 397 g/mol. The van der Waals surface area contributed by atoms with Crippen LogP contribution in [0, 0.1) is 5.82 Å². The van der Waals surface area contributed by atoms with Crippen LogP contribution < -0.4 is 9.80 Å². The predicted molar refractivity (Wildman–Crippen MR) is 117 cm³/mol. The zero-order valence-corrected chi connectivity index (χ0v) is 17.7. The minimum atomic E-state index is -1.88. The highest BCUT2D eigenvalue weighted by Crippen LogP contribution is 2.52. The van der Waals surface area contributed by atoms with Crippen LogP contribution in [0.1, 0.15) is 41.1 Å². The van der Waals surface area contributed by atoms with Gasteiger partial charge in [0.05, 0.1) is 17.9 Å². The van der Waals surface area contributed by atoms with Gasteiger partial charge in [-0.1, -0.05) is 12.1 Å². The highest BCUT2D eigenvalue weighted by atomic mass is 19.1. The molecule has 0 amide bonds. The van der Waals surface area contributed by atoms with Crippen LogP contribution in [-0.2, 0) is 0 Å². The predicted octanol–water partition coefficient (Wildman–Crippen LogP) is 2.55. The van der Waals surface area contributed by atoms with Gasteiger partial charge in [-0.25, -0.2) is 4.39 Å². The summed E-state index contributed by atoms with van der Waals surface area (Å²) < 4.78 is 13.1. The van der Waals surface area contributed by atoms with E-state index in [0.717, 1.165) is 43.9 Å². The number of nitrogens with zero attached hydrogens (tertiary/aromatic N) is 3. The lowest BCUT2D eigenvalue weighted by Gasteiger charge is -2.46. The molecule has 5 rings (SSSR count). The molecule has 0 aromatic heterocycles. The topological polar surface area (TPSA) is 67.2 Å². The first-order chi connectivity index (χ1) is 14.8. The third kappa shape index (κ3) is 3.50. The Labute approximate surface area is 181 Å². The van der Waals surface area contributed by atoms with Gasteiger partial charge in [0, 0.05) is 44.1 Å². The van der Waals surface area contributed by atoms with Crippen molar-refractivity contribution in [3.8, 4) is 0 Å². The average molecular weight is 426 g/mol. The van der Waals surface area contributed by atoms with E-state index in [1.165, 1.54) is 17.7 Å². The molecule has 3 aliphatic rings. The number of hydrogen-bond donors (Lipinski definition) is 2. The third-order valence-corrected chi connectivity index (χ3v) is 7.12. The number of piperidine rings is 1. The molecule has 31 heavy (non-hydrogen) atoms. The van der Waals surface area contributed by atoms with Crippen molar-refractivity contribution in [1.82, 2.24) is 4.90 Å². The Bertz CT molecular complexity index is 994. The zero-order valence-electron chi connectivity index (χ0n) is 17.7. The lowest BCUT2D eigenvalue weighted by molar-refractivity contribution is -0.152. The van der Waals surface area contributed by atoms with Gasteiger partial charge in [-0.15, -0.1) is 0 Å². The Hall–Kier alpha value is -2.48. The van der Waals surface area contributed by atoms with E-state index >= 15 is 0 Å². The minimum Gasteiger partial charge on any atom is -0.358 e. The summed E-state index contributed by atoms with van der Waals surface area (Å²) in [4.78, 5) is 18.5. The van der Waals surface area contributed by atoms with Gasteiger partial charge in [0.2, 0.25) is 0 Å². The Balaban J connectivity index is 1.25. The lowest BCUT2D eigenvalue weighted by Crippen LogP contribution is -2.60. The number of benzene rings is 2. The fourth-order valence-electron chi connectivity index (χ4n) is 5.45. The molecule has 0 radical (unpaired) electrons. The molecule has 0 saturated carbocycles. The molecule has 1 fully saturated rings. The molecule has 1 saturated heterocycles. The van der Waals surface area contributed by atoms with Crippen LogP contribution in [-0.4, -0.2) is 66.1 Å². The molecule has 2 aromatic carbocycles. The van der Waals surface area contributed by atoms with Crippen molar-refractivity contribution < 1.29 is 19.4 Å². The van der Waals surface area contributed by atoms with Crippen LogP contribution in [0.15, 0.2) is 42.5 Å². The van der Waals surface area contributed by atoms with Crippen molar-refractivity contribution in [3.63, 3.8) is 0 Å². The summed E-state index contributed by atoms with van der Waals surface area (Å²) in [6.07, 6.45) is 2.17. The van der Waals surface area contributed by atoms with Crippen LogP contribution in [0.3, 0.4) is 0 Å². The van der Waals surface area contributed by atoms with E-state index < -0.39 is 5.91 Å². The van der Waals surface area contributed by atoms with E-state index in [1.807, 2.05) is 12.1 Å². The maximum atomic E-state index is 13.1. The maximum absolute atomic E-state index is 13.1. The Morgan fingerprint density at radius 3 is 2.74 bits per heavy atom. The molecule has 2 aromatic rings. The number of anilines is 2. The molecule has 3 aliphatic heterocycles. The Morgan fingerprint density at radius 2 is 1.97 bits per heavy atom. The van der Waals surface area contributed by atoms with Crippen molar-refractivity contribution in [1.29, 1.82) is 0 Å². The van der Waals surface area contributed by atoms with Crippen LogP contribution in [0.5, 0.6) is 0 Å².